The van der Waals surface area contributed by atoms with E-state index in [2.05, 4.69) is 49.2 Å². The zero-order valence-electron chi connectivity index (χ0n) is 20.8. The molecule has 0 aromatic heterocycles. The summed E-state index contributed by atoms with van der Waals surface area (Å²) in [5.74, 6) is -2.96. The van der Waals surface area contributed by atoms with Crippen molar-refractivity contribution in [2.45, 2.75) is 0 Å². The summed E-state index contributed by atoms with van der Waals surface area (Å²) in [4.78, 5) is 33.4. The first-order valence-corrected chi connectivity index (χ1v) is 14.3. The Bertz CT molecular complexity index is 1660. The van der Waals surface area contributed by atoms with Gasteiger partial charge in [0.05, 0.1) is 38.8 Å². The molecule has 0 saturated heterocycles. The number of non-ortho nitro benzene ring substituents is 1. The summed E-state index contributed by atoms with van der Waals surface area (Å²) < 4.78 is 30.0. The lowest BCUT2D eigenvalue weighted by molar-refractivity contribution is -0.384. The Morgan fingerprint density at radius 2 is 1.38 bits per heavy atom. The highest BCUT2D eigenvalue weighted by Crippen LogP contribution is 2.31. The fourth-order valence-corrected chi connectivity index (χ4v) is 5.22. The summed E-state index contributed by atoms with van der Waals surface area (Å²) in [7, 11) is 0. The minimum absolute atomic E-state index is 0.0301. The van der Waals surface area contributed by atoms with E-state index in [1.54, 1.807) is 12.1 Å². The zero-order chi connectivity index (χ0) is 31.0. The fraction of sp³-hybridized carbons (Fsp3) is 0. The Morgan fingerprint density at radius 1 is 0.762 bits per heavy atom. The maximum absolute atomic E-state index is 13.8. The number of nitro groups is 1. The van der Waals surface area contributed by atoms with Crippen LogP contribution in [0.4, 0.5) is 37.2 Å². The summed E-state index contributed by atoms with van der Waals surface area (Å²) in [6, 6.07) is 17.3. The number of amides is 2. The molecule has 0 heterocycles. The van der Waals surface area contributed by atoms with E-state index in [0.29, 0.717) is 9.26 Å². The molecule has 218 valence electrons. The van der Waals surface area contributed by atoms with Crippen molar-refractivity contribution >= 4 is 101 Å². The molecule has 0 aliphatic heterocycles. The number of anilines is 4. The van der Waals surface area contributed by atoms with E-state index < -0.39 is 28.4 Å². The summed E-state index contributed by atoms with van der Waals surface area (Å²) in [5, 5.41) is 33.8. The quantitative estimate of drug-likeness (QED) is 0.0489. The highest BCUT2D eigenvalue weighted by molar-refractivity contribution is 14.1. The molecule has 0 fully saturated rings. The minimum Gasteiger partial charge on any atom is -0.354 e. The molecule has 2 amide bonds. The summed E-state index contributed by atoms with van der Waals surface area (Å²) in [6.07, 6.45) is 0. The third-order valence-electron chi connectivity index (χ3n) is 5.31. The molecule has 0 unspecified atom stereocenters. The highest BCUT2D eigenvalue weighted by Gasteiger charge is 2.18. The predicted molar refractivity (Wildman–Crippen MR) is 171 cm³/mol. The largest absolute Gasteiger partial charge is 0.354 e. The number of nitro benzene ring substituents is 1. The fourth-order valence-electron chi connectivity index (χ4n) is 3.37. The van der Waals surface area contributed by atoms with Crippen LogP contribution < -0.4 is 21.6 Å². The van der Waals surface area contributed by atoms with Crippen LogP contribution in [0.2, 0.25) is 0 Å². The molecule has 6 N–H and O–H groups in total. The molecule has 16 heteroatoms. The number of rotatable bonds is 7. The number of halogens is 5. The molecule has 0 bridgehead atoms. The van der Waals surface area contributed by atoms with E-state index in [1.165, 1.54) is 53.4 Å². The van der Waals surface area contributed by atoms with Gasteiger partial charge in [-0.2, -0.15) is 0 Å². The van der Waals surface area contributed by atoms with Crippen LogP contribution >= 0.6 is 61.1 Å². The van der Waals surface area contributed by atoms with Crippen molar-refractivity contribution in [3.63, 3.8) is 0 Å². The van der Waals surface area contributed by atoms with Crippen LogP contribution in [0.25, 0.3) is 0 Å². The molecule has 11 nitrogen and oxygen atoms in total. The van der Waals surface area contributed by atoms with E-state index >= 15 is 0 Å². The van der Waals surface area contributed by atoms with E-state index in [4.69, 9.17) is 10.4 Å². The number of hydrogen-bond acceptors (Lipinski definition) is 8. The first-order chi connectivity index (χ1) is 19.9. The monoisotopic (exact) mass is 867 g/mol. The first kappa shape index (κ1) is 33.0. The van der Waals surface area contributed by atoms with Gasteiger partial charge >= 0.3 is 0 Å². The van der Waals surface area contributed by atoms with E-state index in [9.17, 15) is 28.5 Å². The highest BCUT2D eigenvalue weighted by atomic mass is 127. The average molecular weight is 868 g/mol. The standard InChI is InChI=1S/C13H9BrIN3O4.C13H9F2IN2O2/c14-10-5-7(15)1-4-11(10)16-12-6-8(18(21)22)2-3-9(12)13(19)17-20;14-9-3-1-2-8(13(19)18-20)12(9)17-11-5-4-7(16)6-10(11)15/h1-6,16,20H,(H,17,19);1-6,17,20H,(H,18,19). The van der Waals surface area contributed by atoms with Crippen LogP contribution in [0.5, 0.6) is 0 Å². The third kappa shape index (κ3) is 8.53. The van der Waals surface area contributed by atoms with Crippen molar-refractivity contribution in [3.8, 4) is 0 Å². The van der Waals surface area contributed by atoms with Crippen LogP contribution in [0.1, 0.15) is 20.7 Å². The molecular weight excluding hydrogens is 850 g/mol. The molecule has 42 heavy (non-hydrogen) atoms. The van der Waals surface area contributed by atoms with Crippen LogP contribution in [0.3, 0.4) is 0 Å². The molecule has 0 aliphatic carbocycles. The zero-order valence-corrected chi connectivity index (χ0v) is 26.7. The van der Waals surface area contributed by atoms with Gasteiger partial charge in [0.25, 0.3) is 17.5 Å². The lowest BCUT2D eigenvalue weighted by Crippen LogP contribution is -2.20. The number of carbonyl (C=O) groups excluding carboxylic acids is 2. The molecule has 0 spiro atoms. The molecule has 0 radical (unpaired) electrons. The summed E-state index contributed by atoms with van der Waals surface area (Å²) in [5.41, 5.74) is 3.38. The smallest absolute Gasteiger partial charge is 0.276 e. The second-order valence-electron chi connectivity index (χ2n) is 8.03. The molecule has 0 aliphatic rings. The van der Waals surface area contributed by atoms with Crippen LogP contribution in [0.15, 0.2) is 77.3 Å². The Hall–Kier alpha value is -3.46. The number of nitrogens with one attached hydrogen (secondary N) is 4. The lowest BCUT2D eigenvalue weighted by Gasteiger charge is -2.12. The molecule has 0 atom stereocenters. The predicted octanol–water partition coefficient (Wildman–Crippen LogP) is 7.26. The topological polar surface area (TPSA) is 166 Å². The molecule has 0 saturated carbocycles. The first-order valence-electron chi connectivity index (χ1n) is 11.3. The number of carbonyl (C=O) groups is 2. The van der Waals surface area contributed by atoms with Gasteiger partial charge in [0.15, 0.2) is 0 Å². The SMILES string of the molecule is O=C(NO)c1ccc([N+](=O)[O-])cc1Nc1ccc(I)cc1Br.O=C(NO)c1cccc(F)c1Nc1ccc(I)cc1F. The summed E-state index contributed by atoms with van der Waals surface area (Å²) in [6.45, 7) is 0. The maximum atomic E-state index is 13.8. The lowest BCUT2D eigenvalue weighted by atomic mass is 10.1. The van der Waals surface area contributed by atoms with Crippen LogP contribution in [-0.4, -0.2) is 27.2 Å². The van der Waals surface area contributed by atoms with Crippen molar-refractivity contribution in [1.29, 1.82) is 0 Å². The van der Waals surface area contributed by atoms with Crippen molar-refractivity contribution in [2.24, 2.45) is 0 Å². The van der Waals surface area contributed by atoms with Gasteiger partial charge in [-0.25, -0.2) is 19.7 Å². The second kappa shape index (κ2) is 15.1. The van der Waals surface area contributed by atoms with Gasteiger partial charge in [-0.3, -0.25) is 30.1 Å². The Morgan fingerprint density at radius 3 is 1.98 bits per heavy atom. The van der Waals surface area contributed by atoms with Gasteiger partial charge in [0.1, 0.15) is 11.6 Å². The maximum Gasteiger partial charge on any atom is 0.276 e. The van der Waals surface area contributed by atoms with Gasteiger partial charge in [-0.1, -0.05) is 6.07 Å². The molecule has 4 rings (SSSR count). The normalized spacial score (nSPS) is 10.2. The number of benzene rings is 4. The molecule has 4 aromatic carbocycles. The van der Waals surface area contributed by atoms with Crippen LogP contribution in [0, 0.1) is 28.9 Å². The van der Waals surface area contributed by atoms with Gasteiger partial charge in [0, 0.05) is 23.7 Å². The van der Waals surface area contributed by atoms with E-state index in [1.807, 2.05) is 34.7 Å². The third-order valence-corrected chi connectivity index (χ3v) is 7.31. The number of nitrogens with zero attached hydrogens (tertiary/aromatic N) is 1. The van der Waals surface area contributed by atoms with Gasteiger partial charge < -0.3 is 10.6 Å². The Kier molecular flexibility index (Phi) is 11.9. The second-order valence-corrected chi connectivity index (χ2v) is 11.4. The minimum atomic E-state index is -0.891. The number of hydroxylamine groups is 2. The van der Waals surface area contributed by atoms with Gasteiger partial charge in [-0.15, -0.1) is 0 Å². The molecule has 4 aromatic rings. The Labute approximate surface area is 272 Å². The molecular formula is C26H18BrF2I2N5O6. The van der Waals surface area contributed by atoms with E-state index in [0.717, 1.165) is 14.1 Å². The Balaban J connectivity index is 0.000000231. The van der Waals surface area contributed by atoms with Gasteiger partial charge in [0.2, 0.25) is 0 Å². The van der Waals surface area contributed by atoms with Crippen molar-refractivity contribution in [1.82, 2.24) is 11.0 Å². The number of hydrogen-bond donors (Lipinski definition) is 6. The van der Waals surface area contributed by atoms with E-state index in [-0.39, 0.29) is 33.9 Å². The number of para-hydroxylation sites is 1. The van der Waals surface area contributed by atoms with Gasteiger partial charge in [-0.05, 0) is 116 Å². The summed E-state index contributed by atoms with van der Waals surface area (Å²) >= 11 is 7.47. The van der Waals surface area contributed by atoms with Crippen molar-refractivity contribution < 1.29 is 33.7 Å². The average Bonchev–Trinajstić information content (AvgIpc) is 2.96. The van der Waals surface area contributed by atoms with Crippen molar-refractivity contribution in [2.75, 3.05) is 10.6 Å². The van der Waals surface area contributed by atoms with Crippen molar-refractivity contribution in [3.05, 3.63) is 117 Å². The van der Waals surface area contributed by atoms with Crippen LogP contribution in [-0.2, 0) is 0 Å².